The second-order valence-electron chi connectivity index (χ2n) is 6.29. The SMILES string of the molecule is CC1(O)CCN(c2cc(Br)nc(C(C)(C)C)n2)C1. The molecule has 1 aliphatic heterocycles. The van der Waals surface area contributed by atoms with Crippen LogP contribution in [0.2, 0.25) is 0 Å². The summed E-state index contributed by atoms with van der Waals surface area (Å²) in [6, 6.07) is 1.91. The van der Waals surface area contributed by atoms with Gasteiger partial charge in [-0.25, -0.2) is 9.97 Å². The molecule has 1 aliphatic rings. The molecule has 0 amide bonds. The Morgan fingerprint density at radius 2 is 2.06 bits per heavy atom. The fourth-order valence-corrected chi connectivity index (χ4v) is 2.42. The van der Waals surface area contributed by atoms with Crippen LogP contribution in [0.5, 0.6) is 0 Å². The minimum atomic E-state index is -0.612. The predicted molar refractivity (Wildman–Crippen MR) is 75.9 cm³/mol. The highest BCUT2D eigenvalue weighted by Gasteiger charge is 2.32. The zero-order valence-electron chi connectivity index (χ0n) is 11.4. The summed E-state index contributed by atoms with van der Waals surface area (Å²) >= 11 is 3.44. The van der Waals surface area contributed by atoms with E-state index >= 15 is 0 Å². The first kappa shape index (κ1) is 13.7. The molecule has 1 saturated heterocycles. The van der Waals surface area contributed by atoms with E-state index in [2.05, 4.69) is 51.6 Å². The lowest BCUT2D eigenvalue weighted by Gasteiger charge is -2.23. The number of aromatic nitrogens is 2. The van der Waals surface area contributed by atoms with Crippen LogP contribution in [0.1, 0.15) is 39.9 Å². The molecule has 1 atom stereocenters. The molecule has 0 bridgehead atoms. The lowest BCUT2D eigenvalue weighted by Crippen LogP contribution is -2.30. The minimum Gasteiger partial charge on any atom is -0.388 e. The number of halogens is 1. The molecule has 0 aromatic carbocycles. The van der Waals surface area contributed by atoms with Crippen molar-refractivity contribution in [3.63, 3.8) is 0 Å². The summed E-state index contributed by atoms with van der Waals surface area (Å²) in [4.78, 5) is 11.2. The molecule has 5 heteroatoms. The molecule has 18 heavy (non-hydrogen) atoms. The summed E-state index contributed by atoms with van der Waals surface area (Å²) < 4.78 is 0.795. The van der Waals surface area contributed by atoms with Crippen LogP contribution in [0.4, 0.5) is 5.82 Å². The summed E-state index contributed by atoms with van der Waals surface area (Å²) in [5, 5.41) is 10.0. The predicted octanol–water partition coefficient (Wildman–Crippen LogP) is 2.50. The molecule has 1 fully saturated rings. The van der Waals surface area contributed by atoms with Gasteiger partial charge in [0, 0.05) is 24.6 Å². The van der Waals surface area contributed by atoms with Crippen LogP contribution in [-0.2, 0) is 5.41 Å². The van der Waals surface area contributed by atoms with Crippen molar-refractivity contribution in [1.29, 1.82) is 0 Å². The van der Waals surface area contributed by atoms with Crippen LogP contribution in [0.3, 0.4) is 0 Å². The summed E-state index contributed by atoms with van der Waals surface area (Å²) in [6.07, 6.45) is 0.777. The molecule has 2 heterocycles. The quantitative estimate of drug-likeness (QED) is 0.809. The number of aliphatic hydroxyl groups is 1. The molecule has 2 rings (SSSR count). The Morgan fingerprint density at radius 3 is 2.56 bits per heavy atom. The lowest BCUT2D eigenvalue weighted by atomic mass is 9.96. The standard InChI is InChI=1S/C13H20BrN3O/c1-12(2,3)11-15-9(14)7-10(16-11)17-6-5-13(4,18)8-17/h7,18H,5-6,8H2,1-4H3. The third-order valence-electron chi connectivity index (χ3n) is 3.13. The molecule has 1 N–H and O–H groups in total. The monoisotopic (exact) mass is 313 g/mol. The van der Waals surface area contributed by atoms with E-state index in [-0.39, 0.29) is 5.41 Å². The maximum absolute atomic E-state index is 10.0. The first-order valence-corrected chi connectivity index (χ1v) is 6.99. The molecule has 4 nitrogen and oxygen atoms in total. The second-order valence-corrected chi connectivity index (χ2v) is 7.10. The average Bonchev–Trinajstić information content (AvgIpc) is 2.56. The number of anilines is 1. The highest BCUT2D eigenvalue weighted by Crippen LogP contribution is 2.28. The Kier molecular flexibility index (Phi) is 3.40. The zero-order chi connectivity index (χ0) is 13.6. The van der Waals surface area contributed by atoms with Crippen LogP contribution in [0, 0.1) is 0 Å². The molecule has 100 valence electrons. The molecule has 0 radical (unpaired) electrons. The van der Waals surface area contributed by atoms with Gasteiger partial charge in [-0.15, -0.1) is 0 Å². The van der Waals surface area contributed by atoms with Gasteiger partial charge in [-0.3, -0.25) is 0 Å². The first-order chi connectivity index (χ1) is 8.17. The number of hydrogen-bond acceptors (Lipinski definition) is 4. The Balaban J connectivity index is 2.32. The molecule has 1 aromatic rings. The number of hydrogen-bond donors (Lipinski definition) is 1. The van der Waals surface area contributed by atoms with Crippen molar-refractivity contribution < 1.29 is 5.11 Å². The third-order valence-corrected chi connectivity index (χ3v) is 3.53. The molecule has 1 aromatic heterocycles. The van der Waals surface area contributed by atoms with Crippen molar-refractivity contribution in [3.8, 4) is 0 Å². The topological polar surface area (TPSA) is 49.2 Å². The highest BCUT2D eigenvalue weighted by atomic mass is 79.9. The molecule has 0 spiro atoms. The van der Waals surface area contributed by atoms with Crippen molar-refractivity contribution in [2.24, 2.45) is 0 Å². The first-order valence-electron chi connectivity index (χ1n) is 6.20. The summed E-state index contributed by atoms with van der Waals surface area (Å²) in [7, 11) is 0. The number of nitrogens with zero attached hydrogens (tertiary/aromatic N) is 3. The summed E-state index contributed by atoms with van der Waals surface area (Å²) in [5.74, 6) is 1.71. The van der Waals surface area contributed by atoms with Crippen molar-refractivity contribution in [2.45, 2.75) is 45.1 Å². The van der Waals surface area contributed by atoms with Gasteiger partial charge in [-0.1, -0.05) is 20.8 Å². The normalized spacial score (nSPS) is 24.7. The highest BCUT2D eigenvalue weighted by molar-refractivity contribution is 9.10. The van der Waals surface area contributed by atoms with E-state index in [0.717, 1.165) is 29.2 Å². The van der Waals surface area contributed by atoms with Crippen molar-refractivity contribution >= 4 is 21.7 Å². The molecular weight excluding hydrogens is 294 g/mol. The largest absolute Gasteiger partial charge is 0.388 e. The Bertz CT molecular complexity index is 454. The fraction of sp³-hybridized carbons (Fsp3) is 0.692. The van der Waals surface area contributed by atoms with Gasteiger partial charge in [-0.2, -0.15) is 0 Å². The summed E-state index contributed by atoms with van der Waals surface area (Å²) in [6.45, 7) is 9.62. The van der Waals surface area contributed by atoms with Crippen LogP contribution >= 0.6 is 15.9 Å². The van der Waals surface area contributed by atoms with Crippen molar-refractivity contribution in [1.82, 2.24) is 9.97 Å². The van der Waals surface area contributed by atoms with E-state index in [4.69, 9.17) is 0 Å². The number of β-amino-alcohol motifs (C(OH)–C–C–N with tert-alkyl or cyclic N) is 1. The second kappa shape index (κ2) is 4.46. The smallest absolute Gasteiger partial charge is 0.137 e. The van der Waals surface area contributed by atoms with E-state index in [9.17, 15) is 5.11 Å². The average molecular weight is 314 g/mol. The van der Waals surface area contributed by atoms with Crippen molar-refractivity contribution in [2.75, 3.05) is 18.0 Å². The van der Waals surface area contributed by atoms with Gasteiger partial charge in [0.1, 0.15) is 16.2 Å². The molecule has 1 unspecified atom stereocenters. The third kappa shape index (κ3) is 3.01. The zero-order valence-corrected chi connectivity index (χ0v) is 13.0. The van der Waals surface area contributed by atoms with Gasteiger partial charge >= 0.3 is 0 Å². The van der Waals surface area contributed by atoms with Crippen LogP contribution in [0.15, 0.2) is 10.7 Å². The van der Waals surface area contributed by atoms with Gasteiger partial charge < -0.3 is 10.0 Å². The van der Waals surface area contributed by atoms with Crippen molar-refractivity contribution in [3.05, 3.63) is 16.5 Å². The maximum atomic E-state index is 10.0. The van der Waals surface area contributed by atoms with Crippen LogP contribution in [-0.4, -0.2) is 33.8 Å². The Hall–Kier alpha value is -0.680. The van der Waals surface area contributed by atoms with E-state index in [1.165, 1.54) is 0 Å². The fourth-order valence-electron chi connectivity index (χ4n) is 2.04. The van der Waals surface area contributed by atoms with Crippen LogP contribution in [0.25, 0.3) is 0 Å². The molecule has 0 saturated carbocycles. The minimum absolute atomic E-state index is 0.0826. The Morgan fingerprint density at radius 1 is 1.39 bits per heavy atom. The lowest BCUT2D eigenvalue weighted by molar-refractivity contribution is 0.0839. The van der Waals surface area contributed by atoms with E-state index < -0.39 is 5.60 Å². The van der Waals surface area contributed by atoms with Crippen LogP contribution < -0.4 is 4.90 Å². The summed E-state index contributed by atoms with van der Waals surface area (Å²) in [5.41, 5.74) is -0.694. The number of rotatable bonds is 1. The van der Waals surface area contributed by atoms with Gasteiger partial charge in [0.25, 0.3) is 0 Å². The molecule has 0 aliphatic carbocycles. The van der Waals surface area contributed by atoms with E-state index in [0.29, 0.717) is 6.54 Å². The van der Waals surface area contributed by atoms with Gasteiger partial charge in [0.15, 0.2) is 0 Å². The van der Waals surface area contributed by atoms with Gasteiger partial charge in [0.05, 0.1) is 5.60 Å². The van der Waals surface area contributed by atoms with Gasteiger partial charge in [-0.05, 0) is 29.3 Å². The van der Waals surface area contributed by atoms with E-state index in [1.54, 1.807) is 0 Å². The molecular formula is C13H20BrN3O. The van der Waals surface area contributed by atoms with E-state index in [1.807, 2.05) is 13.0 Å². The maximum Gasteiger partial charge on any atom is 0.137 e. The Labute approximate surface area is 117 Å². The van der Waals surface area contributed by atoms with Gasteiger partial charge in [0.2, 0.25) is 0 Å².